The van der Waals surface area contributed by atoms with Crippen LogP contribution in [0.15, 0.2) is 41.3 Å². The van der Waals surface area contributed by atoms with Gasteiger partial charge in [0, 0.05) is 28.4 Å². The minimum Gasteiger partial charge on any atom is -0.493 e. The predicted octanol–water partition coefficient (Wildman–Crippen LogP) is 4.42. The van der Waals surface area contributed by atoms with E-state index in [-0.39, 0.29) is 6.54 Å². The smallest absolute Gasteiger partial charge is 0.398 e. The van der Waals surface area contributed by atoms with Gasteiger partial charge in [-0.1, -0.05) is 12.1 Å². The van der Waals surface area contributed by atoms with Crippen molar-refractivity contribution in [1.29, 1.82) is 0 Å². The molecule has 29 heavy (non-hydrogen) atoms. The molecule has 0 aliphatic rings. The highest BCUT2D eigenvalue weighted by molar-refractivity contribution is 7.99. The molecule has 0 saturated carbocycles. The summed E-state index contributed by atoms with van der Waals surface area (Å²) in [6, 6.07) is 9.65. The van der Waals surface area contributed by atoms with Crippen LogP contribution in [-0.4, -0.2) is 45.7 Å². The molecule has 0 unspecified atom stereocenters. The summed E-state index contributed by atoms with van der Waals surface area (Å²) in [7, 11) is 4.39. The van der Waals surface area contributed by atoms with E-state index in [1.165, 1.54) is 21.3 Å². The van der Waals surface area contributed by atoms with Gasteiger partial charge < -0.3 is 24.8 Å². The lowest BCUT2D eigenvalue weighted by molar-refractivity contribution is -0.114. The van der Waals surface area contributed by atoms with E-state index in [2.05, 4.69) is 10.6 Å². The first-order valence-corrected chi connectivity index (χ1v) is 9.38. The summed E-state index contributed by atoms with van der Waals surface area (Å²) in [5, 5.41) is 5.55. The zero-order chi connectivity index (χ0) is 21.4. The molecule has 2 N–H and O–H groups in total. The Balaban J connectivity index is 2.04. The fraction of sp³-hybridized carbons (Fsp3) is 0.316. The lowest BCUT2D eigenvalue weighted by Crippen LogP contribution is -2.22. The van der Waals surface area contributed by atoms with E-state index in [0.29, 0.717) is 45.3 Å². The fourth-order valence-electron chi connectivity index (χ4n) is 2.43. The van der Waals surface area contributed by atoms with Gasteiger partial charge in [-0.3, -0.25) is 4.79 Å². The van der Waals surface area contributed by atoms with Gasteiger partial charge in [-0.25, -0.2) is 0 Å². The third-order valence-corrected chi connectivity index (χ3v) is 4.80. The van der Waals surface area contributed by atoms with Gasteiger partial charge in [0.2, 0.25) is 11.7 Å². The molecular formula is C19H21F3N2O4S. The number of methoxy groups -OCH3 is 3. The number of carbonyl (C=O) groups excluding carboxylic acids is 1. The van der Waals surface area contributed by atoms with E-state index < -0.39 is 17.8 Å². The summed E-state index contributed by atoms with van der Waals surface area (Å²) in [5.74, 6) is -0.256. The van der Waals surface area contributed by atoms with Crippen molar-refractivity contribution in [3.05, 3.63) is 36.4 Å². The Bertz CT molecular complexity index is 821. The highest BCUT2D eigenvalue weighted by atomic mass is 32.2. The molecule has 0 bridgehead atoms. The molecule has 0 aromatic heterocycles. The minimum absolute atomic E-state index is 0.139. The Labute approximate surface area is 170 Å². The van der Waals surface area contributed by atoms with E-state index in [1.807, 2.05) is 0 Å². The summed E-state index contributed by atoms with van der Waals surface area (Å²) in [4.78, 5) is 12.7. The van der Waals surface area contributed by atoms with Crippen LogP contribution in [0.5, 0.6) is 17.2 Å². The van der Waals surface area contributed by atoms with Crippen molar-refractivity contribution in [2.45, 2.75) is 11.1 Å². The van der Waals surface area contributed by atoms with Gasteiger partial charge in [0.15, 0.2) is 11.5 Å². The van der Waals surface area contributed by atoms with Crippen LogP contribution >= 0.6 is 11.8 Å². The van der Waals surface area contributed by atoms with E-state index in [9.17, 15) is 18.0 Å². The quantitative estimate of drug-likeness (QED) is 0.574. The van der Waals surface area contributed by atoms with Crippen LogP contribution < -0.4 is 24.8 Å². The van der Waals surface area contributed by atoms with Gasteiger partial charge >= 0.3 is 6.18 Å². The molecular weight excluding hydrogens is 409 g/mol. The summed E-state index contributed by atoms with van der Waals surface area (Å²) < 4.78 is 53.1. The Morgan fingerprint density at radius 2 is 1.66 bits per heavy atom. The fourth-order valence-corrected chi connectivity index (χ4v) is 3.22. The average molecular weight is 430 g/mol. The Kier molecular flexibility index (Phi) is 7.89. The second-order valence-corrected chi connectivity index (χ2v) is 6.73. The first-order valence-electron chi connectivity index (χ1n) is 8.39. The van der Waals surface area contributed by atoms with Crippen molar-refractivity contribution in [2.75, 3.05) is 44.3 Å². The molecule has 0 fully saturated rings. The maximum Gasteiger partial charge on any atom is 0.398 e. The summed E-state index contributed by atoms with van der Waals surface area (Å²) in [6.45, 7) is -0.139. The van der Waals surface area contributed by atoms with E-state index in [0.717, 1.165) is 0 Å². The van der Waals surface area contributed by atoms with E-state index in [1.54, 1.807) is 36.4 Å². The molecule has 2 aromatic rings. The Morgan fingerprint density at radius 1 is 1.03 bits per heavy atom. The molecule has 158 valence electrons. The van der Waals surface area contributed by atoms with Crippen LogP contribution in [0.4, 0.5) is 24.5 Å². The van der Waals surface area contributed by atoms with Gasteiger partial charge in [-0.2, -0.15) is 13.2 Å². The number of hydrogen-bond acceptors (Lipinski definition) is 6. The van der Waals surface area contributed by atoms with E-state index in [4.69, 9.17) is 14.2 Å². The molecule has 1 amide bonds. The SMILES string of the molecule is COc1cc(NC(=O)CNc2ccccc2SCC(F)(F)F)cc(OC)c1OC. The number of halogens is 3. The number of para-hydroxylation sites is 1. The first kappa shape index (κ1) is 22.5. The number of thioether (sulfide) groups is 1. The molecule has 0 radical (unpaired) electrons. The lowest BCUT2D eigenvalue weighted by Gasteiger charge is -2.15. The Morgan fingerprint density at radius 3 is 2.21 bits per heavy atom. The molecule has 6 nitrogen and oxygen atoms in total. The normalized spacial score (nSPS) is 11.0. The molecule has 0 aliphatic heterocycles. The first-order chi connectivity index (χ1) is 13.8. The van der Waals surface area contributed by atoms with E-state index >= 15 is 0 Å². The number of alkyl halides is 3. The minimum atomic E-state index is -4.28. The number of hydrogen-bond donors (Lipinski definition) is 2. The van der Waals surface area contributed by atoms with Crippen LogP contribution in [0.2, 0.25) is 0 Å². The Hall–Kier alpha value is -2.75. The number of carbonyl (C=O) groups is 1. The lowest BCUT2D eigenvalue weighted by atomic mass is 10.2. The third-order valence-electron chi connectivity index (χ3n) is 3.67. The van der Waals surface area contributed by atoms with Crippen LogP contribution in [0.3, 0.4) is 0 Å². The number of anilines is 2. The largest absolute Gasteiger partial charge is 0.493 e. The standard InChI is InChI=1S/C19H21F3N2O4S/c1-26-14-8-12(9-15(27-2)18(14)28-3)24-17(25)10-23-13-6-4-5-7-16(13)29-11-19(20,21)22/h4-9,23H,10-11H2,1-3H3,(H,24,25). The van der Waals surface area contributed by atoms with Gasteiger partial charge in [0.25, 0.3) is 0 Å². The molecule has 2 aromatic carbocycles. The highest BCUT2D eigenvalue weighted by Gasteiger charge is 2.27. The molecule has 0 spiro atoms. The molecule has 0 heterocycles. The molecule has 0 aliphatic carbocycles. The van der Waals surface area contributed by atoms with Crippen LogP contribution in [0.1, 0.15) is 0 Å². The number of benzene rings is 2. The molecule has 2 rings (SSSR count). The van der Waals surface area contributed by atoms with Gasteiger partial charge in [0.05, 0.1) is 33.6 Å². The van der Waals surface area contributed by atoms with Crippen LogP contribution in [0.25, 0.3) is 0 Å². The van der Waals surface area contributed by atoms with Crippen molar-refractivity contribution in [3.63, 3.8) is 0 Å². The molecule has 0 atom stereocenters. The number of amides is 1. The predicted molar refractivity (Wildman–Crippen MR) is 106 cm³/mol. The maximum atomic E-state index is 12.5. The summed E-state index contributed by atoms with van der Waals surface area (Å²) >= 11 is 0.657. The van der Waals surface area contributed by atoms with Crippen LogP contribution in [-0.2, 0) is 4.79 Å². The number of ether oxygens (including phenoxy) is 3. The van der Waals surface area contributed by atoms with Crippen LogP contribution in [0, 0.1) is 0 Å². The van der Waals surface area contributed by atoms with Crippen molar-refractivity contribution < 1.29 is 32.2 Å². The zero-order valence-corrected chi connectivity index (χ0v) is 16.9. The highest BCUT2D eigenvalue weighted by Crippen LogP contribution is 2.40. The molecule has 10 heteroatoms. The topological polar surface area (TPSA) is 68.8 Å². The van der Waals surface area contributed by atoms with Crippen molar-refractivity contribution in [3.8, 4) is 17.2 Å². The van der Waals surface area contributed by atoms with Crippen molar-refractivity contribution in [1.82, 2.24) is 0 Å². The van der Waals surface area contributed by atoms with Crippen molar-refractivity contribution >= 4 is 29.0 Å². The van der Waals surface area contributed by atoms with Gasteiger partial charge in [0.1, 0.15) is 0 Å². The summed E-state index contributed by atoms with van der Waals surface area (Å²) in [5.41, 5.74) is 0.868. The zero-order valence-electron chi connectivity index (χ0n) is 16.1. The summed E-state index contributed by atoms with van der Waals surface area (Å²) in [6.07, 6.45) is -4.28. The second kappa shape index (κ2) is 10.1. The molecule has 0 saturated heterocycles. The number of rotatable bonds is 9. The maximum absolute atomic E-state index is 12.5. The van der Waals surface area contributed by atoms with Gasteiger partial charge in [-0.15, -0.1) is 11.8 Å². The monoisotopic (exact) mass is 430 g/mol. The second-order valence-electron chi connectivity index (χ2n) is 5.72. The van der Waals surface area contributed by atoms with Crippen molar-refractivity contribution in [2.24, 2.45) is 0 Å². The average Bonchev–Trinajstić information content (AvgIpc) is 2.69. The number of nitrogens with one attached hydrogen (secondary N) is 2. The third kappa shape index (κ3) is 6.67. The van der Waals surface area contributed by atoms with Gasteiger partial charge in [-0.05, 0) is 12.1 Å².